The number of ether oxygens (including phenoxy) is 1. The normalized spacial score (nSPS) is 11.7. The minimum Gasteiger partial charge on any atom is -0.462 e. The Kier molecular flexibility index (Phi) is 6.81. The molecule has 7 heteroatoms. The van der Waals surface area contributed by atoms with Gasteiger partial charge in [0, 0.05) is 12.2 Å². The van der Waals surface area contributed by atoms with Gasteiger partial charge in [0.25, 0.3) is 5.91 Å². The summed E-state index contributed by atoms with van der Waals surface area (Å²) in [4.78, 5) is 39.0. The molecule has 0 radical (unpaired) electrons. The number of hydrogen-bond acceptors (Lipinski definition) is 4. The van der Waals surface area contributed by atoms with E-state index in [1.54, 1.807) is 27.7 Å². The smallest absolute Gasteiger partial charge is 0.340 e. The molecule has 0 aliphatic carbocycles. The third kappa shape index (κ3) is 4.58. The summed E-state index contributed by atoms with van der Waals surface area (Å²) in [5.74, 6) is -1.14. The van der Waals surface area contributed by atoms with Crippen molar-refractivity contribution in [2.45, 2.75) is 47.1 Å². The van der Waals surface area contributed by atoms with Crippen LogP contribution in [0.3, 0.4) is 0 Å². The maximum atomic E-state index is 12.3. The number of amides is 2. The maximum absolute atomic E-state index is 12.3. The summed E-state index contributed by atoms with van der Waals surface area (Å²) in [7, 11) is 0. The van der Waals surface area contributed by atoms with Gasteiger partial charge in [-0.15, -0.1) is 0 Å². The molecule has 1 unspecified atom stereocenters. The molecule has 0 spiro atoms. The summed E-state index contributed by atoms with van der Waals surface area (Å²) in [6, 6.07) is -0.664. The number of aromatic nitrogens is 1. The van der Waals surface area contributed by atoms with Gasteiger partial charge in [-0.2, -0.15) is 0 Å². The number of aryl methyl sites for hydroxylation is 1. The van der Waals surface area contributed by atoms with Crippen LogP contribution in [0.15, 0.2) is 0 Å². The van der Waals surface area contributed by atoms with Gasteiger partial charge in [-0.1, -0.05) is 6.92 Å². The first-order valence-electron chi connectivity index (χ1n) is 7.78. The van der Waals surface area contributed by atoms with Crippen molar-refractivity contribution in [3.63, 3.8) is 0 Å². The molecule has 1 aromatic heterocycles. The first-order valence-corrected chi connectivity index (χ1v) is 7.78. The monoisotopic (exact) mass is 323 g/mol. The first kappa shape index (κ1) is 18.7. The molecule has 1 rings (SSSR count). The molecule has 0 aliphatic heterocycles. The standard InChI is InChI=1S/C16H25N3O4/c1-6-8-17-14(20)11(5)19-15(21)13-9(3)12(10(4)18-13)16(22)23-7-2/h11,18H,6-8H2,1-5H3,(H,17,20)(H,19,21). The number of nitrogens with one attached hydrogen (secondary N) is 3. The van der Waals surface area contributed by atoms with E-state index in [0.29, 0.717) is 23.4 Å². The van der Waals surface area contributed by atoms with Crippen molar-refractivity contribution in [1.82, 2.24) is 15.6 Å². The molecule has 0 saturated carbocycles. The maximum Gasteiger partial charge on any atom is 0.340 e. The van der Waals surface area contributed by atoms with Gasteiger partial charge in [-0.25, -0.2) is 4.79 Å². The van der Waals surface area contributed by atoms with Gasteiger partial charge in [-0.05, 0) is 39.7 Å². The summed E-state index contributed by atoms with van der Waals surface area (Å²) < 4.78 is 4.99. The number of carbonyl (C=O) groups is 3. The summed E-state index contributed by atoms with van der Waals surface area (Å²) in [5.41, 5.74) is 1.70. The lowest BCUT2D eigenvalue weighted by Crippen LogP contribution is -2.45. The molecular formula is C16H25N3O4. The Balaban J connectivity index is 2.87. The van der Waals surface area contributed by atoms with Crippen LogP contribution in [0.5, 0.6) is 0 Å². The summed E-state index contributed by atoms with van der Waals surface area (Å²) in [6.45, 7) is 9.48. The average Bonchev–Trinajstić information content (AvgIpc) is 2.79. The minimum absolute atomic E-state index is 0.244. The van der Waals surface area contributed by atoms with E-state index in [2.05, 4.69) is 15.6 Å². The van der Waals surface area contributed by atoms with E-state index in [9.17, 15) is 14.4 Å². The van der Waals surface area contributed by atoms with E-state index in [-0.39, 0.29) is 18.2 Å². The second-order valence-corrected chi connectivity index (χ2v) is 5.33. The highest BCUT2D eigenvalue weighted by Gasteiger charge is 2.24. The predicted octanol–water partition coefficient (Wildman–Crippen LogP) is 1.45. The molecule has 7 nitrogen and oxygen atoms in total. The van der Waals surface area contributed by atoms with Crippen molar-refractivity contribution in [3.8, 4) is 0 Å². The first-order chi connectivity index (χ1) is 10.8. The molecule has 0 aromatic carbocycles. The van der Waals surface area contributed by atoms with Crippen molar-refractivity contribution in [1.29, 1.82) is 0 Å². The molecule has 1 aromatic rings. The zero-order valence-electron chi connectivity index (χ0n) is 14.3. The zero-order chi connectivity index (χ0) is 17.6. The van der Waals surface area contributed by atoms with Gasteiger partial charge in [0.2, 0.25) is 5.91 Å². The molecule has 1 heterocycles. The van der Waals surface area contributed by atoms with Crippen LogP contribution in [-0.4, -0.2) is 42.0 Å². The Morgan fingerprint density at radius 2 is 1.87 bits per heavy atom. The Bertz CT molecular complexity index is 592. The Morgan fingerprint density at radius 3 is 2.43 bits per heavy atom. The fourth-order valence-electron chi connectivity index (χ4n) is 2.22. The number of H-pyrrole nitrogens is 1. The van der Waals surface area contributed by atoms with Crippen molar-refractivity contribution in [3.05, 3.63) is 22.5 Å². The van der Waals surface area contributed by atoms with Crippen LogP contribution in [0, 0.1) is 13.8 Å². The molecule has 3 N–H and O–H groups in total. The minimum atomic E-state index is -0.664. The van der Waals surface area contributed by atoms with Gasteiger partial charge in [0.1, 0.15) is 11.7 Å². The van der Waals surface area contributed by atoms with Gasteiger partial charge in [0.15, 0.2) is 0 Å². The molecule has 128 valence electrons. The molecule has 2 amide bonds. The van der Waals surface area contributed by atoms with Crippen LogP contribution in [-0.2, 0) is 9.53 Å². The fourth-order valence-corrected chi connectivity index (χ4v) is 2.22. The van der Waals surface area contributed by atoms with E-state index in [0.717, 1.165) is 6.42 Å². The number of carbonyl (C=O) groups excluding carboxylic acids is 3. The van der Waals surface area contributed by atoms with Gasteiger partial charge in [0.05, 0.1) is 12.2 Å². The van der Waals surface area contributed by atoms with Crippen LogP contribution in [0.2, 0.25) is 0 Å². The Morgan fingerprint density at radius 1 is 1.22 bits per heavy atom. The number of aromatic amines is 1. The highest BCUT2D eigenvalue weighted by atomic mass is 16.5. The number of rotatable bonds is 7. The van der Waals surface area contributed by atoms with E-state index in [1.165, 1.54) is 0 Å². The van der Waals surface area contributed by atoms with Crippen LogP contribution < -0.4 is 10.6 Å². The van der Waals surface area contributed by atoms with Crippen molar-refractivity contribution in [2.75, 3.05) is 13.2 Å². The summed E-state index contributed by atoms with van der Waals surface area (Å²) in [5, 5.41) is 5.34. The predicted molar refractivity (Wildman–Crippen MR) is 86.5 cm³/mol. The van der Waals surface area contributed by atoms with Crippen LogP contribution in [0.1, 0.15) is 59.3 Å². The second-order valence-electron chi connectivity index (χ2n) is 5.33. The summed E-state index contributed by atoms with van der Waals surface area (Å²) >= 11 is 0. The second kappa shape index (κ2) is 8.36. The SMILES string of the molecule is CCCNC(=O)C(C)NC(=O)c1[nH]c(C)c(C(=O)OCC)c1C. The van der Waals surface area contributed by atoms with Gasteiger partial charge in [-0.3, -0.25) is 9.59 Å². The lowest BCUT2D eigenvalue weighted by Gasteiger charge is -2.13. The van der Waals surface area contributed by atoms with Crippen LogP contribution in [0.25, 0.3) is 0 Å². The van der Waals surface area contributed by atoms with Crippen molar-refractivity contribution >= 4 is 17.8 Å². The highest BCUT2D eigenvalue weighted by molar-refractivity contribution is 6.01. The topological polar surface area (TPSA) is 100 Å². The molecule has 0 aliphatic rings. The molecule has 0 saturated heterocycles. The lowest BCUT2D eigenvalue weighted by atomic mass is 10.1. The third-order valence-corrected chi connectivity index (χ3v) is 3.43. The molecule has 0 fully saturated rings. The van der Waals surface area contributed by atoms with Gasteiger partial charge < -0.3 is 20.4 Å². The lowest BCUT2D eigenvalue weighted by molar-refractivity contribution is -0.122. The molecule has 0 bridgehead atoms. The van der Waals surface area contributed by atoms with Crippen LogP contribution >= 0.6 is 0 Å². The zero-order valence-corrected chi connectivity index (χ0v) is 14.3. The molecule has 23 heavy (non-hydrogen) atoms. The Hall–Kier alpha value is -2.31. The average molecular weight is 323 g/mol. The van der Waals surface area contributed by atoms with E-state index in [4.69, 9.17) is 4.74 Å². The summed E-state index contributed by atoms with van der Waals surface area (Å²) in [6.07, 6.45) is 0.824. The van der Waals surface area contributed by atoms with Crippen molar-refractivity contribution in [2.24, 2.45) is 0 Å². The fraction of sp³-hybridized carbons (Fsp3) is 0.562. The molecular weight excluding hydrogens is 298 g/mol. The van der Waals surface area contributed by atoms with E-state index in [1.807, 2.05) is 6.92 Å². The van der Waals surface area contributed by atoms with E-state index >= 15 is 0 Å². The third-order valence-electron chi connectivity index (χ3n) is 3.43. The van der Waals surface area contributed by atoms with Crippen LogP contribution in [0.4, 0.5) is 0 Å². The quantitative estimate of drug-likeness (QED) is 0.661. The largest absolute Gasteiger partial charge is 0.462 e. The number of hydrogen-bond donors (Lipinski definition) is 3. The van der Waals surface area contributed by atoms with Crippen molar-refractivity contribution < 1.29 is 19.1 Å². The van der Waals surface area contributed by atoms with E-state index < -0.39 is 17.9 Å². The van der Waals surface area contributed by atoms with Gasteiger partial charge >= 0.3 is 5.97 Å². The highest BCUT2D eigenvalue weighted by Crippen LogP contribution is 2.19. The molecule has 1 atom stereocenters. The Labute approximate surface area is 136 Å². The number of esters is 1.